The third kappa shape index (κ3) is 17.6. The number of ketones is 3. The van der Waals surface area contributed by atoms with Crippen molar-refractivity contribution < 1.29 is 71.4 Å². The van der Waals surface area contributed by atoms with Crippen LogP contribution in [0.25, 0.3) is 0 Å². The first kappa shape index (κ1) is 61.1. The zero-order chi connectivity index (χ0) is 53.5. The van der Waals surface area contributed by atoms with Gasteiger partial charge in [-0.1, -0.05) is 69.7 Å². The maximum absolute atomic E-state index is 14.2. The number of allylic oxidation sites excluding steroid dienone is 6. The van der Waals surface area contributed by atoms with Crippen LogP contribution < -0.4 is 4.72 Å². The van der Waals surface area contributed by atoms with Crippen molar-refractivity contribution in [2.24, 2.45) is 35.5 Å². The van der Waals surface area contributed by atoms with Crippen LogP contribution in [0.2, 0.25) is 0 Å². The maximum atomic E-state index is 14.2. The smallest absolute Gasteiger partial charge is 0.328 e. The topological polar surface area (TPSA) is 242 Å². The minimum Gasteiger partial charge on any atom is -0.460 e. The minimum absolute atomic E-state index is 0.0000414. The summed E-state index contributed by atoms with van der Waals surface area (Å²) in [5.41, 5.74) is 0.935. The van der Waals surface area contributed by atoms with Crippen molar-refractivity contribution in [3.63, 3.8) is 0 Å². The molecule has 4 N–H and O–H groups in total. The molecule has 0 aromatic rings. The second kappa shape index (κ2) is 28.4. The Kier molecular flexibility index (Phi) is 24.1. The van der Waals surface area contributed by atoms with E-state index >= 15 is 0 Å². The molecule has 0 aromatic carbocycles. The van der Waals surface area contributed by atoms with E-state index in [9.17, 15) is 47.7 Å². The summed E-state index contributed by atoms with van der Waals surface area (Å²) >= 11 is 0. The lowest BCUT2D eigenvalue weighted by atomic mass is 9.78. The van der Waals surface area contributed by atoms with Gasteiger partial charge in [0.15, 0.2) is 5.78 Å². The number of ether oxygens (including phenoxy) is 5. The maximum Gasteiger partial charge on any atom is 0.328 e. The number of methoxy groups -OCH3 is 2. The van der Waals surface area contributed by atoms with Crippen LogP contribution in [0.15, 0.2) is 47.6 Å². The van der Waals surface area contributed by atoms with Gasteiger partial charge in [0.25, 0.3) is 11.7 Å². The van der Waals surface area contributed by atoms with Gasteiger partial charge in [-0.2, -0.15) is 0 Å². The van der Waals surface area contributed by atoms with E-state index < -0.39 is 87.7 Å². The lowest BCUT2D eigenvalue weighted by molar-refractivity contribution is -0.263. The summed E-state index contributed by atoms with van der Waals surface area (Å²) in [6.07, 6.45) is 12.5. The Labute approximate surface area is 428 Å². The van der Waals surface area contributed by atoms with Crippen LogP contribution in [0.4, 0.5) is 0 Å². The van der Waals surface area contributed by atoms with Crippen molar-refractivity contribution in [3.8, 4) is 0 Å². The van der Waals surface area contributed by atoms with Crippen molar-refractivity contribution in [1.82, 2.24) is 9.62 Å². The zero-order valence-electron chi connectivity index (χ0n) is 44.5. The van der Waals surface area contributed by atoms with E-state index in [1.807, 2.05) is 13.0 Å². The second-order valence-electron chi connectivity index (χ2n) is 21.2. The lowest BCUT2D eigenvalue weighted by Gasteiger charge is -2.42. The summed E-state index contributed by atoms with van der Waals surface area (Å²) in [5.74, 6) is -8.66. The van der Waals surface area contributed by atoms with Gasteiger partial charge in [0, 0.05) is 64.7 Å². The van der Waals surface area contributed by atoms with Crippen LogP contribution >= 0.6 is 0 Å². The number of cyclic esters (lactones) is 1. The summed E-state index contributed by atoms with van der Waals surface area (Å²) in [6, 6.07) is -2.22. The molecule has 0 spiro atoms. The van der Waals surface area contributed by atoms with Gasteiger partial charge >= 0.3 is 5.97 Å². The molecule has 0 radical (unpaired) electrons. The normalized spacial score (nSPS) is 37.0. The molecule has 4 rings (SSSR count). The Balaban J connectivity index is 1.67. The van der Waals surface area contributed by atoms with E-state index in [0.717, 1.165) is 24.3 Å². The van der Waals surface area contributed by atoms with Gasteiger partial charge in [0.05, 0.1) is 24.1 Å². The fraction of sp³-hybridized carbons (Fsp3) is 0.759. The second-order valence-corrected chi connectivity index (χ2v) is 23.0. The number of aliphatic hydroxyl groups excluding tert-OH is 2. The number of amides is 1. The minimum atomic E-state index is -3.91. The van der Waals surface area contributed by atoms with Crippen LogP contribution in [0.1, 0.15) is 132 Å². The third-order valence-corrected chi connectivity index (χ3v) is 16.8. The first-order chi connectivity index (χ1) is 34.0. The number of hydrogen-bond acceptors (Lipinski definition) is 15. The van der Waals surface area contributed by atoms with E-state index in [2.05, 4.69) is 4.72 Å². The molecule has 408 valence electrons. The molecule has 2 saturated carbocycles. The number of hydrogen-bond donors (Lipinski definition) is 4. The first-order valence-electron chi connectivity index (χ1n) is 26.1. The highest BCUT2D eigenvalue weighted by molar-refractivity contribution is 7.89. The highest BCUT2D eigenvalue weighted by Gasteiger charge is 2.52. The first-order valence-corrected chi connectivity index (χ1v) is 27.7. The Bertz CT molecular complexity index is 2070. The van der Waals surface area contributed by atoms with Crippen LogP contribution in [-0.2, 0) is 57.7 Å². The van der Waals surface area contributed by atoms with Crippen molar-refractivity contribution >= 4 is 39.2 Å². The Hall–Kier alpha value is -3.46. The van der Waals surface area contributed by atoms with Gasteiger partial charge in [0.2, 0.25) is 15.8 Å². The monoisotopic (exact) mass is 1030 g/mol. The predicted molar refractivity (Wildman–Crippen MR) is 272 cm³/mol. The molecule has 2 aliphatic heterocycles. The summed E-state index contributed by atoms with van der Waals surface area (Å²) in [4.78, 5) is 71.0. The van der Waals surface area contributed by atoms with Crippen LogP contribution in [0, 0.1) is 35.5 Å². The quantitative estimate of drug-likeness (QED) is 0.101. The molecule has 17 nitrogen and oxygen atoms in total. The Morgan fingerprint density at radius 1 is 0.889 bits per heavy atom. The molecule has 0 aromatic heterocycles. The highest BCUT2D eigenvalue weighted by atomic mass is 32.2. The molecule has 2 aliphatic carbocycles. The number of likely N-dealkylation sites (N-methyl/N-ethyl adjacent to an activating group) is 1. The van der Waals surface area contributed by atoms with Crippen molar-refractivity contribution in [1.29, 1.82) is 0 Å². The number of nitrogens with one attached hydrogen (secondary N) is 1. The number of sulfonamides is 1. The average molecular weight is 1040 g/mol. The lowest BCUT2D eigenvalue weighted by Crippen LogP contribution is -2.59. The number of carbonyl (C=O) groups excluding carboxylic acids is 5. The molecule has 7 unspecified atom stereocenters. The predicted octanol–water partition coefficient (Wildman–Crippen LogP) is 5.49. The van der Waals surface area contributed by atoms with E-state index in [1.54, 1.807) is 72.1 Å². The Morgan fingerprint density at radius 2 is 1.58 bits per heavy atom. The van der Waals surface area contributed by atoms with Gasteiger partial charge in [-0.3, -0.25) is 19.2 Å². The summed E-state index contributed by atoms with van der Waals surface area (Å²) in [5, 5.41) is 32.7. The summed E-state index contributed by atoms with van der Waals surface area (Å²) < 4.78 is 58.9. The summed E-state index contributed by atoms with van der Waals surface area (Å²) in [7, 11) is 0.358. The number of Topliss-reactive ketones (excluding diaryl/α,β-unsaturated/α-hetero) is 3. The van der Waals surface area contributed by atoms with Gasteiger partial charge in [-0.25, -0.2) is 17.9 Å². The molecule has 2 heterocycles. The van der Waals surface area contributed by atoms with Gasteiger partial charge in [0.1, 0.15) is 30.1 Å². The number of esters is 1. The fourth-order valence-electron chi connectivity index (χ4n) is 9.88. The number of carbonyl (C=O) groups is 5. The van der Waals surface area contributed by atoms with E-state index in [1.165, 1.54) is 33.9 Å². The Morgan fingerprint density at radius 3 is 2.24 bits per heavy atom. The van der Waals surface area contributed by atoms with Gasteiger partial charge < -0.3 is 43.9 Å². The van der Waals surface area contributed by atoms with Gasteiger partial charge in [-0.05, 0) is 121 Å². The molecule has 18 heteroatoms. The van der Waals surface area contributed by atoms with Gasteiger partial charge in [-0.15, -0.1) is 0 Å². The molecule has 14 atom stereocenters. The van der Waals surface area contributed by atoms with Crippen LogP contribution in [-0.4, -0.2) is 153 Å². The number of nitrogens with zero attached hydrogens (tertiary/aromatic N) is 1. The van der Waals surface area contributed by atoms with Crippen LogP contribution in [0.3, 0.4) is 0 Å². The number of rotatable bonds is 13. The number of fused-ring (bicyclic) bond motifs is 2. The molecular weight excluding hydrogens is 949 g/mol. The average Bonchev–Trinajstić information content (AvgIpc) is 4.19. The molecular formula is C54H86N2O15S. The van der Waals surface area contributed by atoms with Crippen LogP contribution in [0.5, 0.6) is 0 Å². The highest BCUT2D eigenvalue weighted by Crippen LogP contribution is 2.38. The fourth-order valence-corrected chi connectivity index (χ4v) is 11.2. The van der Waals surface area contributed by atoms with E-state index in [-0.39, 0.29) is 73.7 Å². The zero-order valence-corrected chi connectivity index (χ0v) is 45.3. The molecule has 72 heavy (non-hydrogen) atoms. The van der Waals surface area contributed by atoms with E-state index in [4.69, 9.17) is 23.7 Å². The van der Waals surface area contributed by atoms with E-state index in [0.29, 0.717) is 49.2 Å². The standard InChI is InChI=1S/C54H86N2O15S/c1-33-17-14-12-11-13-15-18-34(2)48(59)50(68-10)49(60)37(5)27-35(3)44(58)31-46(36(4)28-41-22-24-45(47(29-41)67-9)69-32-40-20-21-40)70-53(63)39(7)56(8)52(62)51(61)54(64)38(6)19-23-42(71-54)30-43(33)55-72(65,66)26-16-25-57/h11-14,17,27,34-36,38-43,45-47,49-50,55,57,60,64H,15-16,18-26,28-32H2,1-10H3/b13-11+,14-12+,33-17+,37-27+/t34?,35?,36-,38+,39?,41+,42-,43?,45-,46?,47-,49?,50?,54+/m1/s1. The SMILES string of the molecule is COC1C(=O)C(C)CC/C=C/C=C/C=C(\C)C(NS(=O)(=O)CCCO)C[C@H]2CC[C@H](C)[C@](O)(O2)C(=O)C(=O)N(C)C(C)C(=O)OC([C@H](C)C[C@@H]2CC[C@@H](OCC3CC3)[C@H](OC)C2)CC(=O)C(C)/C=C(\C)C1O. The molecule has 2 bridgehead atoms. The van der Waals surface area contributed by atoms with Crippen molar-refractivity contribution in [2.45, 2.75) is 186 Å². The molecule has 1 amide bonds. The molecule has 4 aliphatic rings. The number of aliphatic hydroxyl groups is 3. The molecule has 3 fully saturated rings. The van der Waals surface area contributed by atoms with Crippen molar-refractivity contribution in [2.75, 3.05) is 40.2 Å². The summed E-state index contributed by atoms with van der Waals surface area (Å²) in [6.45, 7) is 12.0. The largest absolute Gasteiger partial charge is 0.460 e. The molecule has 1 saturated heterocycles. The third-order valence-electron chi connectivity index (χ3n) is 15.3. The van der Waals surface area contributed by atoms with Crippen molar-refractivity contribution in [3.05, 3.63) is 47.6 Å².